The van der Waals surface area contributed by atoms with Crippen molar-refractivity contribution in [1.82, 2.24) is 10.2 Å². The van der Waals surface area contributed by atoms with Crippen molar-refractivity contribution in [2.24, 2.45) is 0 Å². The normalized spacial score (nSPS) is 27.4. The molecule has 1 saturated heterocycles. The number of carbonyl (C=O) groups excluding carboxylic acids is 1. The first-order chi connectivity index (χ1) is 9.29. The summed E-state index contributed by atoms with van der Waals surface area (Å²) in [6, 6.07) is 0. The summed E-state index contributed by atoms with van der Waals surface area (Å²) in [7, 11) is 0. The van der Waals surface area contributed by atoms with Gasteiger partial charge >= 0.3 is 0 Å². The summed E-state index contributed by atoms with van der Waals surface area (Å²) in [6.45, 7) is 1.64. The molecule has 0 bridgehead atoms. The molecule has 1 aliphatic heterocycles. The van der Waals surface area contributed by atoms with Crippen LogP contribution in [0.3, 0.4) is 0 Å². The van der Waals surface area contributed by atoms with E-state index in [9.17, 15) is 25.2 Å². The maximum absolute atomic E-state index is 11.2. The van der Waals surface area contributed by atoms with Crippen molar-refractivity contribution in [2.75, 3.05) is 32.8 Å². The lowest BCUT2D eigenvalue weighted by molar-refractivity contribution is -0.128. The Kier molecular flexibility index (Phi) is 6.31. The third kappa shape index (κ3) is 4.65. The first-order valence-corrected chi connectivity index (χ1v) is 6.63. The standard InChI is InChI=1S/C12H24N2O6/c1-8(16)14-3-2-12(20,7-14)6-13-4-9(17)11(19)10(18)5-15/h9-11,13,15,17-20H,2-7H2,1H3/t9-,10+,11-,12?/m0/s1. The Hall–Kier alpha value is -0.770. The van der Waals surface area contributed by atoms with E-state index in [-0.39, 0.29) is 25.5 Å². The van der Waals surface area contributed by atoms with E-state index in [1.165, 1.54) is 6.92 Å². The fourth-order valence-electron chi connectivity index (χ4n) is 2.21. The van der Waals surface area contributed by atoms with Gasteiger partial charge in [-0.1, -0.05) is 0 Å². The minimum Gasteiger partial charge on any atom is -0.394 e. The maximum atomic E-state index is 11.2. The SMILES string of the molecule is CC(=O)N1CCC(O)(CNC[C@H](O)[C@H](O)[C@H](O)CO)C1. The Morgan fingerprint density at radius 1 is 1.35 bits per heavy atom. The molecule has 20 heavy (non-hydrogen) atoms. The van der Waals surface area contributed by atoms with Crippen molar-refractivity contribution in [3.05, 3.63) is 0 Å². The molecule has 1 unspecified atom stereocenters. The van der Waals surface area contributed by atoms with Gasteiger partial charge in [0.25, 0.3) is 0 Å². The zero-order valence-electron chi connectivity index (χ0n) is 11.6. The molecular weight excluding hydrogens is 268 g/mol. The van der Waals surface area contributed by atoms with Crippen LogP contribution in [0.25, 0.3) is 0 Å². The van der Waals surface area contributed by atoms with Gasteiger partial charge in [-0.15, -0.1) is 0 Å². The summed E-state index contributed by atoms with van der Waals surface area (Å²) in [4.78, 5) is 12.7. The maximum Gasteiger partial charge on any atom is 0.219 e. The molecule has 1 rings (SSSR count). The number of nitrogens with one attached hydrogen (secondary N) is 1. The molecule has 6 N–H and O–H groups in total. The van der Waals surface area contributed by atoms with Gasteiger partial charge in [-0.3, -0.25) is 4.79 Å². The number of hydrogen-bond donors (Lipinski definition) is 6. The number of hydrogen-bond acceptors (Lipinski definition) is 7. The Bertz CT molecular complexity index is 329. The second-order valence-electron chi connectivity index (χ2n) is 5.35. The monoisotopic (exact) mass is 292 g/mol. The third-order valence-electron chi connectivity index (χ3n) is 3.56. The summed E-state index contributed by atoms with van der Waals surface area (Å²) in [5.74, 6) is -0.0950. The first kappa shape index (κ1) is 17.3. The predicted molar refractivity (Wildman–Crippen MR) is 69.8 cm³/mol. The highest BCUT2D eigenvalue weighted by Crippen LogP contribution is 2.20. The molecule has 0 aromatic carbocycles. The summed E-state index contributed by atoms with van der Waals surface area (Å²) in [5, 5.41) is 49.9. The number of aliphatic hydroxyl groups is 5. The van der Waals surface area contributed by atoms with E-state index < -0.39 is 30.5 Å². The van der Waals surface area contributed by atoms with Crippen LogP contribution in [0.2, 0.25) is 0 Å². The van der Waals surface area contributed by atoms with Gasteiger partial charge in [-0.05, 0) is 6.42 Å². The topological polar surface area (TPSA) is 133 Å². The minimum atomic E-state index is -1.46. The Labute approximate surface area is 117 Å². The molecule has 4 atom stereocenters. The van der Waals surface area contributed by atoms with Gasteiger partial charge in [0.15, 0.2) is 0 Å². The number of carbonyl (C=O) groups is 1. The second kappa shape index (κ2) is 7.30. The van der Waals surface area contributed by atoms with Crippen LogP contribution in [0.4, 0.5) is 0 Å². The van der Waals surface area contributed by atoms with Crippen molar-refractivity contribution in [3.63, 3.8) is 0 Å². The number of nitrogens with zero attached hydrogens (tertiary/aromatic N) is 1. The van der Waals surface area contributed by atoms with Gasteiger partial charge in [-0.25, -0.2) is 0 Å². The van der Waals surface area contributed by atoms with Crippen molar-refractivity contribution in [1.29, 1.82) is 0 Å². The third-order valence-corrected chi connectivity index (χ3v) is 3.56. The van der Waals surface area contributed by atoms with Crippen LogP contribution in [0.5, 0.6) is 0 Å². The number of amides is 1. The highest BCUT2D eigenvalue weighted by molar-refractivity contribution is 5.73. The number of aliphatic hydroxyl groups excluding tert-OH is 4. The van der Waals surface area contributed by atoms with Crippen LogP contribution in [0, 0.1) is 0 Å². The van der Waals surface area contributed by atoms with E-state index in [0.717, 1.165) is 0 Å². The van der Waals surface area contributed by atoms with Crippen molar-refractivity contribution in [3.8, 4) is 0 Å². The minimum absolute atomic E-state index is 0.0411. The molecule has 0 aromatic rings. The smallest absolute Gasteiger partial charge is 0.219 e. The fraction of sp³-hybridized carbons (Fsp3) is 0.917. The summed E-state index contributed by atoms with van der Waals surface area (Å²) in [6.07, 6.45) is -3.68. The largest absolute Gasteiger partial charge is 0.394 e. The number of rotatable bonds is 7. The fourth-order valence-corrected chi connectivity index (χ4v) is 2.21. The average molecular weight is 292 g/mol. The molecule has 0 radical (unpaired) electrons. The quantitative estimate of drug-likeness (QED) is 0.288. The lowest BCUT2D eigenvalue weighted by Gasteiger charge is -2.26. The molecule has 8 heteroatoms. The molecule has 0 aromatic heterocycles. The van der Waals surface area contributed by atoms with Gasteiger partial charge in [-0.2, -0.15) is 0 Å². The Morgan fingerprint density at radius 3 is 2.50 bits per heavy atom. The van der Waals surface area contributed by atoms with Gasteiger partial charge in [0.1, 0.15) is 12.2 Å². The van der Waals surface area contributed by atoms with E-state index >= 15 is 0 Å². The lowest BCUT2D eigenvalue weighted by atomic mass is 10.0. The molecule has 1 heterocycles. The van der Waals surface area contributed by atoms with Crippen LogP contribution in [0.15, 0.2) is 0 Å². The molecule has 0 aliphatic carbocycles. The van der Waals surface area contributed by atoms with Gasteiger partial charge in [0, 0.05) is 26.6 Å². The Balaban J connectivity index is 2.32. The highest BCUT2D eigenvalue weighted by Gasteiger charge is 2.37. The number of likely N-dealkylation sites (tertiary alicyclic amines) is 1. The van der Waals surface area contributed by atoms with Crippen molar-refractivity contribution < 1.29 is 30.3 Å². The van der Waals surface area contributed by atoms with Crippen LogP contribution >= 0.6 is 0 Å². The van der Waals surface area contributed by atoms with Crippen LogP contribution in [-0.2, 0) is 4.79 Å². The zero-order chi connectivity index (χ0) is 15.3. The molecule has 1 aliphatic rings. The van der Waals surface area contributed by atoms with Gasteiger partial charge in [0.2, 0.25) is 5.91 Å². The second-order valence-corrected chi connectivity index (χ2v) is 5.35. The van der Waals surface area contributed by atoms with Gasteiger partial charge < -0.3 is 35.7 Å². The summed E-state index contributed by atoms with van der Waals surface area (Å²) >= 11 is 0. The molecule has 0 saturated carbocycles. The van der Waals surface area contributed by atoms with Crippen LogP contribution in [0.1, 0.15) is 13.3 Å². The number of β-amino-alcohol motifs (C(OH)–C–C–N with tert-alkyl or cyclic N) is 1. The van der Waals surface area contributed by atoms with Crippen molar-refractivity contribution >= 4 is 5.91 Å². The molecular formula is C12H24N2O6. The van der Waals surface area contributed by atoms with E-state index in [2.05, 4.69) is 5.32 Å². The van der Waals surface area contributed by atoms with E-state index in [1.807, 2.05) is 0 Å². The van der Waals surface area contributed by atoms with E-state index in [4.69, 9.17) is 5.11 Å². The van der Waals surface area contributed by atoms with E-state index in [1.54, 1.807) is 4.90 Å². The Morgan fingerprint density at radius 2 is 2.00 bits per heavy atom. The van der Waals surface area contributed by atoms with Crippen LogP contribution in [-0.4, -0.2) is 93.0 Å². The van der Waals surface area contributed by atoms with Crippen LogP contribution < -0.4 is 5.32 Å². The summed E-state index contributed by atoms with van der Waals surface area (Å²) in [5.41, 5.74) is -1.05. The predicted octanol–water partition coefficient (Wildman–Crippen LogP) is -3.37. The average Bonchev–Trinajstić information content (AvgIpc) is 2.79. The lowest BCUT2D eigenvalue weighted by Crippen LogP contribution is -2.49. The zero-order valence-corrected chi connectivity index (χ0v) is 11.6. The van der Waals surface area contributed by atoms with Gasteiger partial charge in [0.05, 0.1) is 24.9 Å². The summed E-state index contributed by atoms with van der Waals surface area (Å²) < 4.78 is 0. The van der Waals surface area contributed by atoms with E-state index in [0.29, 0.717) is 13.0 Å². The van der Waals surface area contributed by atoms with Crippen molar-refractivity contribution in [2.45, 2.75) is 37.3 Å². The highest BCUT2D eigenvalue weighted by atomic mass is 16.4. The molecule has 0 spiro atoms. The molecule has 1 fully saturated rings. The molecule has 118 valence electrons. The first-order valence-electron chi connectivity index (χ1n) is 6.63. The molecule has 8 nitrogen and oxygen atoms in total. The molecule has 1 amide bonds.